The zero-order valence-electron chi connectivity index (χ0n) is 11.8. The Bertz CT molecular complexity index is 445. The summed E-state index contributed by atoms with van der Waals surface area (Å²) in [6.45, 7) is 1.39. The monoisotopic (exact) mass is 261 g/mol. The van der Waals surface area contributed by atoms with Crippen molar-refractivity contribution in [2.75, 3.05) is 32.1 Å². The maximum Gasteiger partial charge on any atom is 0.223 e. The molecule has 1 unspecified atom stereocenters. The molecular formula is C15H23N3O. The van der Waals surface area contributed by atoms with Crippen molar-refractivity contribution in [1.82, 2.24) is 4.90 Å². The van der Waals surface area contributed by atoms with Gasteiger partial charge in [-0.25, -0.2) is 0 Å². The van der Waals surface area contributed by atoms with Crippen LogP contribution in [0, 0.1) is 0 Å². The van der Waals surface area contributed by atoms with Gasteiger partial charge < -0.3 is 15.5 Å². The molecule has 0 saturated carbocycles. The van der Waals surface area contributed by atoms with Crippen molar-refractivity contribution >= 4 is 11.6 Å². The van der Waals surface area contributed by atoms with Crippen LogP contribution in [-0.2, 0) is 11.2 Å². The highest BCUT2D eigenvalue weighted by molar-refractivity contribution is 5.76. The Morgan fingerprint density at radius 3 is 2.84 bits per heavy atom. The second-order valence-electron chi connectivity index (χ2n) is 5.29. The van der Waals surface area contributed by atoms with E-state index < -0.39 is 0 Å². The van der Waals surface area contributed by atoms with Gasteiger partial charge in [0.05, 0.1) is 0 Å². The van der Waals surface area contributed by atoms with Gasteiger partial charge in [0.2, 0.25) is 5.91 Å². The first-order chi connectivity index (χ1) is 9.13. The van der Waals surface area contributed by atoms with Gasteiger partial charge >= 0.3 is 0 Å². The maximum absolute atomic E-state index is 11.8. The fourth-order valence-electron chi connectivity index (χ4n) is 2.66. The first-order valence-corrected chi connectivity index (χ1v) is 6.88. The van der Waals surface area contributed by atoms with Crippen LogP contribution in [0.25, 0.3) is 0 Å². The van der Waals surface area contributed by atoms with Gasteiger partial charge in [-0.3, -0.25) is 4.79 Å². The van der Waals surface area contributed by atoms with Gasteiger partial charge in [0.25, 0.3) is 0 Å². The number of fused-ring (bicyclic) bond motifs is 1. The molecule has 1 aliphatic rings. The Kier molecular flexibility index (Phi) is 4.43. The van der Waals surface area contributed by atoms with Crippen LogP contribution >= 0.6 is 0 Å². The van der Waals surface area contributed by atoms with E-state index in [2.05, 4.69) is 29.2 Å². The van der Waals surface area contributed by atoms with E-state index >= 15 is 0 Å². The summed E-state index contributed by atoms with van der Waals surface area (Å²) in [5.74, 6) is 0.166. The van der Waals surface area contributed by atoms with Crippen molar-refractivity contribution in [1.29, 1.82) is 0 Å². The van der Waals surface area contributed by atoms with Crippen molar-refractivity contribution in [3.8, 4) is 0 Å². The zero-order chi connectivity index (χ0) is 13.8. The van der Waals surface area contributed by atoms with Crippen molar-refractivity contribution in [2.45, 2.75) is 25.3 Å². The summed E-state index contributed by atoms with van der Waals surface area (Å²) in [6, 6.07) is 8.79. The van der Waals surface area contributed by atoms with Gasteiger partial charge in [-0.05, 0) is 24.5 Å². The van der Waals surface area contributed by atoms with Gasteiger partial charge in [-0.15, -0.1) is 0 Å². The lowest BCUT2D eigenvalue weighted by Gasteiger charge is -2.38. The molecule has 1 aliphatic heterocycles. The fourth-order valence-corrected chi connectivity index (χ4v) is 2.66. The van der Waals surface area contributed by atoms with E-state index in [-0.39, 0.29) is 5.91 Å². The molecule has 4 nitrogen and oxygen atoms in total. The number of benzene rings is 1. The van der Waals surface area contributed by atoms with Crippen LogP contribution in [0.4, 0.5) is 5.69 Å². The molecule has 0 spiro atoms. The van der Waals surface area contributed by atoms with Crippen LogP contribution in [0.5, 0.6) is 0 Å². The number of hydrogen-bond acceptors (Lipinski definition) is 3. The number of para-hydroxylation sites is 1. The minimum atomic E-state index is 0.166. The van der Waals surface area contributed by atoms with Crippen LogP contribution in [0.3, 0.4) is 0 Å². The lowest BCUT2D eigenvalue weighted by atomic mass is 9.95. The standard InChI is InChI=1S/C15H23N3O/c1-17(2)15(19)9-10-18-13(11-16)8-7-12-5-3-4-6-14(12)18/h3-6,13H,7-11,16H2,1-2H3. The topological polar surface area (TPSA) is 49.6 Å². The Morgan fingerprint density at radius 2 is 2.16 bits per heavy atom. The number of rotatable bonds is 4. The van der Waals surface area contributed by atoms with E-state index in [0.717, 1.165) is 19.4 Å². The molecule has 1 aromatic carbocycles. The van der Waals surface area contributed by atoms with Gasteiger partial charge in [0.15, 0.2) is 0 Å². The molecule has 2 N–H and O–H groups in total. The molecule has 0 bridgehead atoms. The van der Waals surface area contributed by atoms with E-state index in [0.29, 0.717) is 19.0 Å². The van der Waals surface area contributed by atoms with Crippen molar-refractivity contribution < 1.29 is 4.79 Å². The largest absolute Gasteiger partial charge is 0.367 e. The minimum Gasteiger partial charge on any atom is -0.367 e. The molecule has 19 heavy (non-hydrogen) atoms. The summed E-state index contributed by atoms with van der Waals surface area (Å²) >= 11 is 0. The third kappa shape index (κ3) is 3.07. The number of nitrogens with zero attached hydrogens (tertiary/aromatic N) is 2. The smallest absolute Gasteiger partial charge is 0.223 e. The highest BCUT2D eigenvalue weighted by atomic mass is 16.2. The Morgan fingerprint density at radius 1 is 1.42 bits per heavy atom. The molecule has 1 amide bonds. The Balaban J connectivity index is 2.13. The second-order valence-corrected chi connectivity index (χ2v) is 5.29. The quantitative estimate of drug-likeness (QED) is 0.887. The maximum atomic E-state index is 11.8. The number of amides is 1. The molecule has 2 rings (SSSR count). The molecule has 1 atom stereocenters. The molecule has 1 heterocycles. The number of nitrogens with two attached hydrogens (primary N) is 1. The van der Waals surface area contributed by atoms with Gasteiger partial charge in [-0.2, -0.15) is 0 Å². The van der Waals surface area contributed by atoms with Gasteiger partial charge in [-0.1, -0.05) is 18.2 Å². The summed E-state index contributed by atoms with van der Waals surface area (Å²) in [5.41, 5.74) is 8.49. The Labute approximate surface area is 115 Å². The molecule has 0 radical (unpaired) electrons. The summed E-state index contributed by atoms with van der Waals surface area (Å²) in [4.78, 5) is 15.7. The molecule has 0 aromatic heterocycles. The Hall–Kier alpha value is -1.55. The van der Waals surface area contributed by atoms with Crippen molar-refractivity contribution in [3.05, 3.63) is 29.8 Å². The molecular weight excluding hydrogens is 238 g/mol. The highest BCUT2D eigenvalue weighted by Crippen LogP contribution is 2.30. The summed E-state index contributed by atoms with van der Waals surface area (Å²) in [5, 5.41) is 0. The normalized spacial score (nSPS) is 18.1. The van der Waals surface area contributed by atoms with E-state index in [1.165, 1.54) is 11.3 Å². The number of aryl methyl sites for hydroxylation is 1. The zero-order valence-corrected chi connectivity index (χ0v) is 11.8. The van der Waals surface area contributed by atoms with E-state index in [1.54, 1.807) is 19.0 Å². The molecule has 4 heteroatoms. The first kappa shape index (κ1) is 13.9. The third-order valence-corrected chi connectivity index (χ3v) is 3.83. The number of anilines is 1. The predicted molar refractivity (Wildman–Crippen MR) is 78.3 cm³/mol. The molecule has 104 valence electrons. The molecule has 0 aliphatic carbocycles. The van der Waals surface area contributed by atoms with E-state index in [1.807, 2.05) is 0 Å². The SMILES string of the molecule is CN(C)C(=O)CCN1c2ccccc2CCC1CN. The number of hydrogen-bond donors (Lipinski definition) is 1. The summed E-state index contributed by atoms with van der Waals surface area (Å²) < 4.78 is 0. The van der Waals surface area contributed by atoms with Crippen LogP contribution in [0.2, 0.25) is 0 Å². The average molecular weight is 261 g/mol. The van der Waals surface area contributed by atoms with E-state index in [9.17, 15) is 4.79 Å². The summed E-state index contributed by atoms with van der Waals surface area (Å²) in [6.07, 6.45) is 2.69. The van der Waals surface area contributed by atoms with Crippen molar-refractivity contribution in [2.24, 2.45) is 5.73 Å². The van der Waals surface area contributed by atoms with Crippen LogP contribution in [-0.4, -0.2) is 44.0 Å². The second kappa shape index (κ2) is 6.06. The number of carbonyl (C=O) groups excluding carboxylic acids is 1. The first-order valence-electron chi connectivity index (χ1n) is 6.88. The van der Waals surface area contributed by atoms with Gasteiger partial charge in [0, 0.05) is 45.3 Å². The lowest BCUT2D eigenvalue weighted by Crippen LogP contribution is -2.45. The number of carbonyl (C=O) groups is 1. The van der Waals surface area contributed by atoms with Gasteiger partial charge in [0.1, 0.15) is 0 Å². The highest BCUT2D eigenvalue weighted by Gasteiger charge is 2.25. The predicted octanol–water partition coefficient (Wildman–Crippen LogP) is 1.24. The fraction of sp³-hybridized carbons (Fsp3) is 0.533. The molecule has 0 fully saturated rings. The van der Waals surface area contributed by atoms with E-state index in [4.69, 9.17) is 5.73 Å². The van der Waals surface area contributed by atoms with Crippen LogP contribution < -0.4 is 10.6 Å². The minimum absolute atomic E-state index is 0.166. The molecule has 1 aromatic rings. The molecule has 0 saturated heterocycles. The average Bonchev–Trinajstić information content (AvgIpc) is 2.43. The van der Waals surface area contributed by atoms with Crippen LogP contribution in [0.15, 0.2) is 24.3 Å². The third-order valence-electron chi connectivity index (χ3n) is 3.83. The van der Waals surface area contributed by atoms with Crippen molar-refractivity contribution in [3.63, 3.8) is 0 Å². The van der Waals surface area contributed by atoms with Crippen LogP contribution in [0.1, 0.15) is 18.4 Å². The lowest BCUT2D eigenvalue weighted by molar-refractivity contribution is -0.128. The summed E-state index contributed by atoms with van der Waals surface area (Å²) in [7, 11) is 3.60.